The van der Waals surface area contributed by atoms with Crippen molar-refractivity contribution >= 4 is 5.97 Å². The first-order valence-corrected chi connectivity index (χ1v) is 7.11. The molecule has 1 rings (SSSR count). The van der Waals surface area contributed by atoms with Crippen LogP contribution in [-0.2, 0) is 16.1 Å². The summed E-state index contributed by atoms with van der Waals surface area (Å²) >= 11 is 0. The predicted octanol–water partition coefficient (Wildman–Crippen LogP) is 2.30. The van der Waals surface area contributed by atoms with Crippen molar-refractivity contribution < 1.29 is 19.4 Å². The SMILES string of the molecule is COCCOc1ccccc1CNCCC(C)(C)C(=O)O. The molecule has 5 nitrogen and oxygen atoms in total. The number of ether oxygens (including phenoxy) is 2. The molecule has 0 bridgehead atoms. The Balaban J connectivity index is 2.43. The fourth-order valence-electron chi connectivity index (χ4n) is 1.76. The third kappa shape index (κ3) is 6.14. The summed E-state index contributed by atoms with van der Waals surface area (Å²) in [4.78, 5) is 11.0. The minimum absolute atomic E-state index is 0.513. The Hall–Kier alpha value is -1.59. The van der Waals surface area contributed by atoms with Crippen molar-refractivity contribution in [2.75, 3.05) is 26.9 Å². The van der Waals surface area contributed by atoms with E-state index in [9.17, 15) is 4.79 Å². The average molecular weight is 295 g/mol. The maximum Gasteiger partial charge on any atom is 0.309 e. The van der Waals surface area contributed by atoms with Crippen LogP contribution in [-0.4, -0.2) is 37.9 Å². The zero-order valence-electron chi connectivity index (χ0n) is 13.0. The van der Waals surface area contributed by atoms with Crippen molar-refractivity contribution in [3.63, 3.8) is 0 Å². The van der Waals surface area contributed by atoms with Crippen molar-refractivity contribution in [2.45, 2.75) is 26.8 Å². The highest BCUT2D eigenvalue weighted by Gasteiger charge is 2.26. The quantitative estimate of drug-likeness (QED) is 0.648. The van der Waals surface area contributed by atoms with Gasteiger partial charge < -0.3 is 19.9 Å². The topological polar surface area (TPSA) is 67.8 Å². The smallest absolute Gasteiger partial charge is 0.309 e. The summed E-state index contributed by atoms with van der Waals surface area (Å²) in [5.74, 6) is 0.0622. The molecule has 0 aliphatic heterocycles. The van der Waals surface area contributed by atoms with E-state index in [-0.39, 0.29) is 0 Å². The number of rotatable bonds is 10. The van der Waals surface area contributed by atoms with Gasteiger partial charge in [0.15, 0.2) is 0 Å². The lowest BCUT2D eigenvalue weighted by Crippen LogP contribution is -2.28. The van der Waals surface area contributed by atoms with Gasteiger partial charge in [0, 0.05) is 19.2 Å². The first-order valence-electron chi connectivity index (χ1n) is 7.11. The fourth-order valence-corrected chi connectivity index (χ4v) is 1.76. The third-order valence-corrected chi connectivity index (χ3v) is 3.34. The van der Waals surface area contributed by atoms with Gasteiger partial charge in [-0.15, -0.1) is 0 Å². The summed E-state index contributed by atoms with van der Waals surface area (Å²) in [5.41, 5.74) is 0.350. The Labute approximate surface area is 126 Å². The van der Waals surface area contributed by atoms with Crippen molar-refractivity contribution in [1.29, 1.82) is 0 Å². The summed E-state index contributed by atoms with van der Waals surface area (Å²) in [6.07, 6.45) is 0.578. The molecule has 0 spiro atoms. The second kappa shape index (κ2) is 8.64. The molecule has 0 amide bonds. The van der Waals surface area contributed by atoms with Crippen LogP contribution in [0.15, 0.2) is 24.3 Å². The molecule has 0 radical (unpaired) electrons. The highest BCUT2D eigenvalue weighted by Crippen LogP contribution is 2.20. The molecule has 118 valence electrons. The highest BCUT2D eigenvalue weighted by molar-refractivity contribution is 5.73. The van der Waals surface area contributed by atoms with Crippen LogP contribution < -0.4 is 10.1 Å². The number of benzene rings is 1. The second-order valence-corrected chi connectivity index (χ2v) is 5.56. The van der Waals surface area contributed by atoms with Gasteiger partial charge in [0.05, 0.1) is 12.0 Å². The van der Waals surface area contributed by atoms with E-state index in [1.165, 1.54) is 0 Å². The Kier molecular flexibility index (Phi) is 7.19. The third-order valence-electron chi connectivity index (χ3n) is 3.34. The molecule has 21 heavy (non-hydrogen) atoms. The molecule has 2 N–H and O–H groups in total. The molecule has 0 aromatic heterocycles. The van der Waals surface area contributed by atoms with Crippen LogP contribution in [0.2, 0.25) is 0 Å². The van der Waals surface area contributed by atoms with Crippen LogP contribution in [0, 0.1) is 5.41 Å². The average Bonchev–Trinajstić information content (AvgIpc) is 2.45. The summed E-state index contributed by atoms with van der Waals surface area (Å²) in [6, 6.07) is 7.81. The Morgan fingerprint density at radius 1 is 1.29 bits per heavy atom. The van der Waals surface area contributed by atoms with Crippen LogP contribution in [0.25, 0.3) is 0 Å². The zero-order valence-corrected chi connectivity index (χ0v) is 13.0. The Morgan fingerprint density at radius 2 is 2.00 bits per heavy atom. The predicted molar refractivity (Wildman–Crippen MR) is 81.6 cm³/mol. The summed E-state index contributed by atoms with van der Waals surface area (Å²) in [5, 5.41) is 12.3. The summed E-state index contributed by atoms with van der Waals surface area (Å²) < 4.78 is 10.6. The number of hydrogen-bond donors (Lipinski definition) is 2. The number of para-hydroxylation sites is 1. The van der Waals surface area contributed by atoms with Gasteiger partial charge in [-0.25, -0.2) is 0 Å². The second-order valence-electron chi connectivity index (χ2n) is 5.56. The lowest BCUT2D eigenvalue weighted by atomic mass is 9.90. The van der Waals surface area contributed by atoms with Crippen LogP contribution >= 0.6 is 0 Å². The molecule has 1 aromatic carbocycles. The molecular weight excluding hydrogens is 270 g/mol. The van der Waals surface area contributed by atoms with Crippen molar-refractivity contribution in [1.82, 2.24) is 5.32 Å². The van der Waals surface area contributed by atoms with E-state index in [2.05, 4.69) is 5.32 Å². The molecule has 1 aromatic rings. The number of carboxylic acid groups (broad SMARTS) is 1. The fraction of sp³-hybridized carbons (Fsp3) is 0.562. The minimum atomic E-state index is -0.771. The lowest BCUT2D eigenvalue weighted by Gasteiger charge is -2.19. The number of hydrogen-bond acceptors (Lipinski definition) is 4. The van der Waals surface area contributed by atoms with Crippen LogP contribution in [0.3, 0.4) is 0 Å². The van der Waals surface area contributed by atoms with Gasteiger partial charge in [0.25, 0.3) is 0 Å². The van der Waals surface area contributed by atoms with E-state index >= 15 is 0 Å². The van der Waals surface area contributed by atoms with Crippen molar-refractivity contribution in [2.24, 2.45) is 5.41 Å². The number of carboxylic acids is 1. The largest absolute Gasteiger partial charge is 0.491 e. The summed E-state index contributed by atoms with van der Waals surface area (Å²) in [7, 11) is 1.64. The van der Waals surface area contributed by atoms with Gasteiger partial charge in [0.2, 0.25) is 0 Å². The molecule has 0 aliphatic rings. The summed E-state index contributed by atoms with van der Waals surface area (Å²) in [6.45, 7) is 5.83. The molecule has 0 saturated heterocycles. The maximum atomic E-state index is 11.0. The molecule has 0 aliphatic carbocycles. The first-order chi connectivity index (χ1) is 9.97. The van der Waals surface area contributed by atoms with Crippen LogP contribution in [0.5, 0.6) is 5.75 Å². The molecule has 0 atom stereocenters. The first kappa shape index (κ1) is 17.5. The van der Waals surface area contributed by atoms with Crippen LogP contribution in [0.4, 0.5) is 0 Å². The van der Waals surface area contributed by atoms with E-state index < -0.39 is 11.4 Å². The van der Waals surface area contributed by atoms with E-state index in [0.29, 0.717) is 32.7 Å². The molecule has 0 heterocycles. The Bertz CT molecular complexity index is 446. The Morgan fingerprint density at radius 3 is 2.67 bits per heavy atom. The molecule has 5 heteroatoms. The highest BCUT2D eigenvalue weighted by atomic mass is 16.5. The zero-order chi connectivity index (χ0) is 15.7. The van der Waals surface area contributed by atoms with Gasteiger partial charge in [-0.3, -0.25) is 4.79 Å². The normalized spacial score (nSPS) is 11.4. The van der Waals surface area contributed by atoms with Crippen molar-refractivity contribution in [3.05, 3.63) is 29.8 Å². The van der Waals surface area contributed by atoms with E-state index in [0.717, 1.165) is 11.3 Å². The van der Waals surface area contributed by atoms with E-state index in [1.807, 2.05) is 24.3 Å². The van der Waals surface area contributed by atoms with Gasteiger partial charge in [-0.1, -0.05) is 18.2 Å². The van der Waals surface area contributed by atoms with Crippen molar-refractivity contribution in [3.8, 4) is 5.75 Å². The van der Waals surface area contributed by atoms with Gasteiger partial charge >= 0.3 is 5.97 Å². The molecule has 0 unspecified atom stereocenters. The number of aliphatic carboxylic acids is 1. The van der Waals surface area contributed by atoms with E-state index in [1.54, 1.807) is 21.0 Å². The van der Waals surface area contributed by atoms with Gasteiger partial charge in [0.1, 0.15) is 12.4 Å². The standard InChI is InChI=1S/C16H25NO4/c1-16(2,15(18)19)8-9-17-12-13-6-4-5-7-14(13)21-11-10-20-3/h4-7,17H,8-12H2,1-3H3,(H,18,19). The number of carbonyl (C=O) groups is 1. The monoisotopic (exact) mass is 295 g/mol. The number of nitrogens with one attached hydrogen (secondary N) is 1. The van der Waals surface area contributed by atoms with Gasteiger partial charge in [-0.05, 0) is 32.9 Å². The van der Waals surface area contributed by atoms with Gasteiger partial charge in [-0.2, -0.15) is 0 Å². The number of methoxy groups -OCH3 is 1. The maximum absolute atomic E-state index is 11.0. The lowest BCUT2D eigenvalue weighted by molar-refractivity contribution is -0.147. The molecule has 0 fully saturated rings. The van der Waals surface area contributed by atoms with E-state index in [4.69, 9.17) is 14.6 Å². The minimum Gasteiger partial charge on any atom is -0.491 e. The molecular formula is C16H25NO4. The van der Waals surface area contributed by atoms with Crippen LogP contribution in [0.1, 0.15) is 25.8 Å². The molecule has 0 saturated carbocycles.